The van der Waals surface area contributed by atoms with E-state index in [0.29, 0.717) is 6.61 Å². The summed E-state index contributed by atoms with van der Waals surface area (Å²) in [5, 5.41) is 0. The molecule has 0 spiro atoms. The second-order valence-electron chi connectivity index (χ2n) is 4.72. The Bertz CT molecular complexity index is 685. The van der Waals surface area contributed by atoms with Crippen LogP contribution < -0.4 is 4.74 Å². The van der Waals surface area contributed by atoms with Crippen LogP contribution >= 0.6 is 0 Å². The lowest BCUT2D eigenvalue weighted by molar-refractivity contribution is 0.365. The lowest BCUT2D eigenvalue weighted by Crippen LogP contribution is -2.07. The van der Waals surface area contributed by atoms with Gasteiger partial charge in [0, 0.05) is 11.1 Å². The van der Waals surface area contributed by atoms with Crippen LogP contribution in [0.1, 0.15) is 16.7 Å². The Morgan fingerprint density at radius 2 is 1.83 bits per heavy atom. The van der Waals surface area contributed by atoms with Crippen LogP contribution in [0.25, 0.3) is 11.1 Å². The van der Waals surface area contributed by atoms with Gasteiger partial charge >= 0.3 is 0 Å². The summed E-state index contributed by atoms with van der Waals surface area (Å²) in [7, 11) is 0. The summed E-state index contributed by atoms with van der Waals surface area (Å²) in [5.41, 5.74) is 5.79. The minimum absolute atomic E-state index is 0.179. The topological polar surface area (TPSA) is 9.23 Å². The number of para-hydroxylation sites is 1. The molecule has 0 radical (unpaired) electrons. The molecule has 0 saturated heterocycles. The third kappa shape index (κ3) is 1.26. The number of allylic oxidation sites excluding steroid dienone is 1. The highest BCUT2D eigenvalue weighted by Gasteiger charge is 2.28. The smallest absolute Gasteiger partial charge is 0.127 e. The molecule has 2 heteroatoms. The third-order valence-electron chi connectivity index (χ3n) is 3.71. The average molecular weight is 238 g/mol. The van der Waals surface area contributed by atoms with E-state index in [0.717, 1.165) is 28.9 Å². The standard InChI is InChI=1S/C16H11FO/c17-11-6-5-10-7-14-12-3-1-2-4-16(12)18-9-15(14)13(10)8-11/h1-6,8H,7,9H2. The molecule has 0 atom stereocenters. The van der Waals surface area contributed by atoms with Crippen molar-refractivity contribution >= 4 is 11.1 Å². The summed E-state index contributed by atoms with van der Waals surface area (Å²) < 4.78 is 19.1. The molecule has 2 aromatic carbocycles. The molecular formula is C16H11FO. The Labute approximate surface area is 105 Å². The lowest BCUT2D eigenvalue weighted by Gasteiger charge is -2.19. The van der Waals surface area contributed by atoms with E-state index in [9.17, 15) is 4.39 Å². The predicted octanol–water partition coefficient (Wildman–Crippen LogP) is 3.69. The predicted molar refractivity (Wildman–Crippen MR) is 68.9 cm³/mol. The Morgan fingerprint density at radius 1 is 0.944 bits per heavy atom. The number of hydrogen-bond donors (Lipinski definition) is 0. The van der Waals surface area contributed by atoms with Crippen molar-refractivity contribution in [2.75, 3.05) is 6.61 Å². The van der Waals surface area contributed by atoms with Crippen LogP contribution in [0.4, 0.5) is 4.39 Å². The van der Waals surface area contributed by atoms with E-state index in [1.165, 1.54) is 17.2 Å². The molecule has 0 saturated carbocycles. The van der Waals surface area contributed by atoms with Gasteiger partial charge < -0.3 is 4.74 Å². The Hall–Kier alpha value is -2.09. The van der Waals surface area contributed by atoms with Crippen LogP contribution in [0.5, 0.6) is 5.75 Å². The van der Waals surface area contributed by atoms with Crippen LogP contribution in [-0.4, -0.2) is 6.61 Å². The molecule has 0 bridgehead atoms. The van der Waals surface area contributed by atoms with Gasteiger partial charge in [0.15, 0.2) is 0 Å². The fraction of sp³-hybridized carbons (Fsp3) is 0.125. The zero-order valence-electron chi connectivity index (χ0n) is 9.74. The Kier molecular flexibility index (Phi) is 1.90. The molecular weight excluding hydrogens is 227 g/mol. The van der Waals surface area contributed by atoms with Crippen molar-refractivity contribution in [2.45, 2.75) is 6.42 Å². The van der Waals surface area contributed by atoms with Crippen LogP contribution in [0, 0.1) is 5.82 Å². The molecule has 0 aromatic heterocycles. The third-order valence-corrected chi connectivity index (χ3v) is 3.71. The molecule has 0 unspecified atom stereocenters. The second kappa shape index (κ2) is 3.45. The monoisotopic (exact) mass is 238 g/mol. The fourth-order valence-corrected chi connectivity index (χ4v) is 2.86. The van der Waals surface area contributed by atoms with Gasteiger partial charge in [-0.15, -0.1) is 0 Å². The zero-order valence-corrected chi connectivity index (χ0v) is 9.74. The average Bonchev–Trinajstić information content (AvgIpc) is 2.77. The van der Waals surface area contributed by atoms with Crippen molar-refractivity contribution in [2.24, 2.45) is 0 Å². The highest BCUT2D eigenvalue weighted by molar-refractivity contribution is 5.99. The molecule has 88 valence electrons. The van der Waals surface area contributed by atoms with Crippen molar-refractivity contribution in [1.29, 1.82) is 0 Å². The first-order chi connectivity index (χ1) is 8.83. The summed E-state index contributed by atoms with van der Waals surface area (Å²) in [4.78, 5) is 0. The summed E-state index contributed by atoms with van der Waals surface area (Å²) in [5.74, 6) is 0.755. The van der Waals surface area contributed by atoms with E-state index >= 15 is 0 Å². The SMILES string of the molecule is Fc1ccc2c(c1)C1=C(C2)c2ccccc2OC1. The van der Waals surface area contributed by atoms with Gasteiger partial charge in [-0.3, -0.25) is 0 Å². The van der Waals surface area contributed by atoms with Crippen molar-refractivity contribution in [1.82, 2.24) is 0 Å². The minimum Gasteiger partial charge on any atom is -0.488 e. The quantitative estimate of drug-likeness (QED) is 0.680. The highest BCUT2D eigenvalue weighted by Crippen LogP contribution is 2.44. The van der Waals surface area contributed by atoms with E-state index in [2.05, 4.69) is 6.07 Å². The lowest BCUT2D eigenvalue weighted by atomic mass is 9.98. The van der Waals surface area contributed by atoms with Crippen LogP contribution in [-0.2, 0) is 6.42 Å². The van der Waals surface area contributed by atoms with Crippen LogP contribution in [0.3, 0.4) is 0 Å². The van der Waals surface area contributed by atoms with Crippen LogP contribution in [0.15, 0.2) is 42.5 Å². The van der Waals surface area contributed by atoms with E-state index in [1.54, 1.807) is 6.07 Å². The number of benzene rings is 2. The van der Waals surface area contributed by atoms with E-state index in [1.807, 2.05) is 24.3 Å². The minimum atomic E-state index is -0.179. The second-order valence-corrected chi connectivity index (χ2v) is 4.72. The van der Waals surface area contributed by atoms with Crippen molar-refractivity contribution in [3.63, 3.8) is 0 Å². The van der Waals surface area contributed by atoms with E-state index in [4.69, 9.17) is 4.74 Å². The van der Waals surface area contributed by atoms with Gasteiger partial charge in [-0.05, 0) is 41.3 Å². The van der Waals surface area contributed by atoms with Crippen molar-refractivity contribution in [3.8, 4) is 5.75 Å². The molecule has 2 aromatic rings. The number of ether oxygens (including phenoxy) is 1. The number of fused-ring (bicyclic) bond motifs is 4. The molecule has 1 heterocycles. The van der Waals surface area contributed by atoms with Gasteiger partial charge in [0.05, 0.1) is 0 Å². The van der Waals surface area contributed by atoms with Crippen LogP contribution in [0.2, 0.25) is 0 Å². The van der Waals surface area contributed by atoms with Gasteiger partial charge in [-0.1, -0.05) is 24.3 Å². The summed E-state index contributed by atoms with van der Waals surface area (Å²) in [6, 6.07) is 13.1. The number of rotatable bonds is 0. The van der Waals surface area contributed by atoms with Gasteiger partial charge in [0.1, 0.15) is 18.2 Å². The number of hydrogen-bond acceptors (Lipinski definition) is 1. The molecule has 0 N–H and O–H groups in total. The van der Waals surface area contributed by atoms with Crippen molar-refractivity contribution in [3.05, 3.63) is 65.0 Å². The molecule has 0 fully saturated rings. The summed E-state index contributed by atoms with van der Waals surface area (Å²) >= 11 is 0. The zero-order chi connectivity index (χ0) is 12.1. The van der Waals surface area contributed by atoms with Crippen molar-refractivity contribution < 1.29 is 9.13 Å². The first kappa shape index (κ1) is 9.89. The van der Waals surface area contributed by atoms with Gasteiger partial charge in [0.25, 0.3) is 0 Å². The van der Waals surface area contributed by atoms with Gasteiger partial charge in [-0.25, -0.2) is 4.39 Å². The fourth-order valence-electron chi connectivity index (χ4n) is 2.86. The Balaban J connectivity index is 1.94. The molecule has 1 aliphatic carbocycles. The molecule has 2 aliphatic rings. The molecule has 1 aliphatic heterocycles. The van der Waals surface area contributed by atoms with Gasteiger partial charge in [-0.2, -0.15) is 0 Å². The normalized spacial score (nSPS) is 15.8. The summed E-state index contributed by atoms with van der Waals surface area (Å²) in [6.45, 7) is 0.544. The molecule has 0 amide bonds. The van der Waals surface area contributed by atoms with E-state index < -0.39 is 0 Å². The molecule has 4 rings (SSSR count). The first-order valence-corrected chi connectivity index (χ1v) is 6.06. The highest BCUT2D eigenvalue weighted by atomic mass is 19.1. The Morgan fingerprint density at radius 3 is 2.78 bits per heavy atom. The molecule has 1 nitrogen and oxygen atoms in total. The largest absolute Gasteiger partial charge is 0.488 e. The summed E-state index contributed by atoms with van der Waals surface area (Å²) in [6.07, 6.45) is 0.880. The maximum absolute atomic E-state index is 13.4. The maximum Gasteiger partial charge on any atom is 0.127 e. The van der Waals surface area contributed by atoms with Gasteiger partial charge in [0.2, 0.25) is 0 Å². The first-order valence-electron chi connectivity index (χ1n) is 6.06. The maximum atomic E-state index is 13.4. The number of halogens is 1. The van der Waals surface area contributed by atoms with E-state index in [-0.39, 0.29) is 5.82 Å². The molecule has 18 heavy (non-hydrogen) atoms.